The number of imidazole rings is 1. The predicted octanol–water partition coefficient (Wildman–Crippen LogP) is 5.64. The molecule has 0 amide bonds. The molecule has 4 aromatic rings. The van der Waals surface area contributed by atoms with Crippen molar-refractivity contribution in [3.63, 3.8) is 0 Å². The van der Waals surface area contributed by atoms with E-state index in [-0.39, 0.29) is 5.92 Å². The van der Waals surface area contributed by atoms with Crippen LogP contribution >= 0.6 is 15.9 Å². The largest absolute Gasteiger partial charge is 0.495 e. The number of aryl methyl sites for hydroxylation is 2. The monoisotopic (exact) mass is 489 g/mol. The Bertz CT molecular complexity index is 1270. The fourth-order valence-corrected chi connectivity index (χ4v) is 4.45. The number of fused-ring (bicyclic) bond motifs is 1. The zero-order valence-corrected chi connectivity index (χ0v) is 19.7. The lowest BCUT2D eigenvalue weighted by Crippen LogP contribution is -2.17. The minimum absolute atomic E-state index is 0.282. The number of hydrogen-bond acceptors (Lipinski definition) is 4. The quantitative estimate of drug-likeness (QED) is 0.364. The normalized spacial score (nSPS) is 15.8. The van der Waals surface area contributed by atoms with Gasteiger partial charge in [-0.2, -0.15) is 5.10 Å². The molecule has 7 heteroatoms. The molecular weight excluding hydrogens is 466 g/mol. The second-order valence-electron chi connectivity index (χ2n) is 7.98. The summed E-state index contributed by atoms with van der Waals surface area (Å²) in [7, 11) is 1.68. The number of aromatic nitrogens is 5. The molecule has 0 radical (unpaired) electrons. The minimum atomic E-state index is 0.282. The second-order valence-corrected chi connectivity index (χ2v) is 8.90. The Balaban J connectivity index is 1.40. The van der Waals surface area contributed by atoms with Gasteiger partial charge in [0.2, 0.25) is 0 Å². The number of halogens is 1. The topological polar surface area (TPSA) is 57.8 Å². The van der Waals surface area contributed by atoms with E-state index in [9.17, 15) is 0 Å². The van der Waals surface area contributed by atoms with E-state index in [0.29, 0.717) is 0 Å². The van der Waals surface area contributed by atoms with Crippen LogP contribution in [-0.2, 0) is 6.54 Å². The van der Waals surface area contributed by atoms with Crippen LogP contribution in [0, 0.1) is 6.92 Å². The Hall–Kier alpha value is -3.19. The van der Waals surface area contributed by atoms with Gasteiger partial charge in [0.25, 0.3) is 0 Å². The van der Waals surface area contributed by atoms with Crippen molar-refractivity contribution >= 4 is 28.1 Å². The zero-order chi connectivity index (χ0) is 22.1. The molecular formula is C25H24BrN5O. The van der Waals surface area contributed by atoms with E-state index in [1.165, 1.54) is 5.56 Å². The van der Waals surface area contributed by atoms with Gasteiger partial charge in [-0.25, -0.2) is 14.6 Å². The standard InChI is InChI=1S/C25H24BrN5O/c1-17-15-30(16-27-17)22-11-5-18(14-23(22)32-2)6-12-24-28-25-21(4-3-13-31(25)29-24)19-7-9-20(26)10-8-19/h5-12,14-16,21H,3-4,13H2,1-2H3/t21-/m1/s1. The fourth-order valence-electron chi connectivity index (χ4n) is 4.19. The van der Waals surface area contributed by atoms with Gasteiger partial charge in [-0.15, -0.1) is 0 Å². The summed E-state index contributed by atoms with van der Waals surface area (Å²) in [5, 5.41) is 4.74. The summed E-state index contributed by atoms with van der Waals surface area (Å²) >= 11 is 3.52. The third-order valence-corrected chi connectivity index (χ3v) is 6.31. The van der Waals surface area contributed by atoms with E-state index < -0.39 is 0 Å². The summed E-state index contributed by atoms with van der Waals surface area (Å²) in [5.74, 6) is 2.85. The number of ether oxygens (including phenoxy) is 1. The van der Waals surface area contributed by atoms with Crippen LogP contribution in [0.15, 0.2) is 59.5 Å². The Morgan fingerprint density at radius 2 is 1.97 bits per heavy atom. The lowest BCUT2D eigenvalue weighted by molar-refractivity contribution is 0.413. The summed E-state index contributed by atoms with van der Waals surface area (Å²) in [6, 6.07) is 14.6. The molecule has 0 bridgehead atoms. The molecule has 0 unspecified atom stereocenters. The Labute approximate surface area is 195 Å². The van der Waals surface area contributed by atoms with Gasteiger partial charge in [0, 0.05) is 23.1 Å². The van der Waals surface area contributed by atoms with Crippen LogP contribution in [0.2, 0.25) is 0 Å². The lowest BCUT2D eigenvalue weighted by atomic mass is 9.91. The maximum atomic E-state index is 5.62. The summed E-state index contributed by atoms with van der Waals surface area (Å²) in [5.41, 5.74) is 4.23. The lowest BCUT2D eigenvalue weighted by Gasteiger charge is -2.22. The molecule has 32 heavy (non-hydrogen) atoms. The molecule has 5 rings (SSSR count). The Morgan fingerprint density at radius 1 is 1.12 bits per heavy atom. The number of rotatable bonds is 5. The van der Waals surface area contributed by atoms with Gasteiger partial charge in [-0.3, -0.25) is 0 Å². The van der Waals surface area contributed by atoms with Crippen LogP contribution in [0.4, 0.5) is 0 Å². The number of benzene rings is 2. The van der Waals surface area contributed by atoms with E-state index in [2.05, 4.69) is 55.9 Å². The van der Waals surface area contributed by atoms with E-state index in [4.69, 9.17) is 14.8 Å². The summed E-state index contributed by atoms with van der Waals surface area (Å²) in [6.07, 6.45) is 9.97. The van der Waals surface area contributed by atoms with E-state index >= 15 is 0 Å². The molecule has 0 N–H and O–H groups in total. The maximum absolute atomic E-state index is 5.62. The van der Waals surface area contributed by atoms with Crippen molar-refractivity contribution in [3.05, 3.63) is 87.9 Å². The van der Waals surface area contributed by atoms with E-state index in [1.54, 1.807) is 13.4 Å². The first-order valence-electron chi connectivity index (χ1n) is 10.7. The van der Waals surface area contributed by atoms with Crippen molar-refractivity contribution in [1.82, 2.24) is 24.3 Å². The summed E-state index contributed by atoms with van der Waals surface area (Å²) in [6.45, 7) is 2.88. The van der Waals surface area contributed by atoms with Crippen molar-refractivity contribution in [2.75, 3.05) is 7.11 Å². The number of nitrogens with zero attached hydrogens (tertiary/aromatic N) is 5. The highest BCUT2D eigenvalue weighted by atomic mass is 79.9. The van der Waals surface area contributed by atoms with Gasteiger partial charge >= 0.3 is 0 Å². The molecule has 3 heterocycles. The molecule has 0 spiro atoms. The molecule has 0 fully saturated rings. The molecule has 0 aliphatic carbocycles. The van der Waals surface area contributed by atoms with Crippen LogP contribution < -0.4 is 4.74 Å². The van der Waals surface area contributed by atoms with Crippen LogP contribution in [-0.4, -0.2) is 31.4 Å². The summed E-state index contributed by atoms with van der Waals surface area (Å²) in [4.78, 5) is 9.17. The molecule has 1 aliphatic rings. The number of hydrogen-bond donors (Lipinski definition) is 0. The average molecular weight is 490 g/mol. The van der Waals surface area contributed by atoms with Gasteiger partial charge in [-0.05, 0) is 61.2 Å². The van der Waals surface area contributed by atoms with Crippen LogP contribution in [0.1, 0.15) is 47.2 Å². The summed E-state index contributed by atoms with van der Waals surface area (Å²) < 4.78 is 10.7. The number of methoxy groups -OCH3 is 1. The third-order valence-electron chi connectivity index (χ3n) is 5.78. The smallest absolute Gasteiger partial charge is 0.174 e. The fraction of sp³-hybridized carbons (Fsp3) is 0.240. The van der Waals surface area contributed by atoms with Gasteiger partial charge in [0.05, 0.1) is 24.8 Å². The van der Waals surface area contributed by atoms with Crippen molar-refractivity contribution < 1.29 is 4.74 Å². The van der Waals surface area contributed by atoms with Crippen molar-refractivity contribution in [1.29, 1.82) is 0 Å². The first-order chi connectivity index (χ1) is 15.6. The molecule has 1 atom stereocenters. The van der Waals surface area contributed by atoms with E-state index in [0.717, 1.165) is 58.2 Å². The SMILES string of the molecule is COc1cc(C=Cc2nc3n(n2)CCC[C@@H]3c2ccc(Br)cc2)ccc1-n1cnc(C)c1. The minimum Gasteiger partial charge on any atom is -0.495 e. The first-order valence-corrected chi connectivity index (χ1v) is 11.5. The third kappa shape index (κ3) is 4.12. The average Bonchev–Trinajstić information content (AvgIpc) is 3.43. The molecule has 0 saturated carbocycles. The highest BCUT2D eigenvalue weighted by Crippen LogP contribution is 2.33. The van der Waals surface area contributed by atoms with Gasteiger partial charge in [0.1, 0.15) is 11.6 Å². The predicted molar refractivity (Wildman–Crippen MR) is 129 cm³/mol. The van der Waals surface area contributed by atoms with Crippen LogP contribution in [0.25, 0.3) is 17.8 Å². The van der Waals surface area contributed by atoms with Crippen LogP contribution in [0.5, 0.6) is 5.75 Å². The maximum Gasteiger partial charge on any atom is 0.174 e. The molecule has 1 aliphatic heterocycles. The highest BCUT2D eigenvalue weighted by Gasteiger charge is 2.25. The molecule has 0 saturated heterocycles. The van der Waals surface area contributed by atoms with Crippen LogP contribution in [0.3, 0.4) is 0 Å². The van der Waals surface area contributed by atoms with Gasteiger partial charge in [-0.1, -0.05) is 40.2 Å². The van der Waals surface area contributed by atoms with Gasteiger partial charge in [0.15, 0.2) is 5.82 Å². The van der Waals surface area contributed by atoms with Gasteiger partial charge < -0.3 is 9.30 Å². The highest BCUT2D eigenvalue weighted by molar-refractivity contribution is 9.10. The van der Waals surface area contributed by atoms with Crippen molar-refractivity contribution in [3.8, 4) is 11.4 Å². The van der Waals surface area contributed by atoms with Crippen molar-refractivity contribution in [2.24, 2.45) is 0 Å². The second kappa shape index (κ2) is 8.74. The zero-order valence-electron chi connectivity index (χ0n) is 18.1. The van der Waals surface area contributed by atoms with Crippen molar-refractivity contribution in [2.45, 2.75) is 32.2 Å². The molecule has 2 aromatic heterocycles. The Kier molecular flexibility index (Phi) is 5.66. The molecule has 2 aromatic carbocycles. The first kappa shape index (κ1) is 20.7. The molecule has 162 valence electrons. The molecule has 6 nitrogen and oxygen atoms in total. The van der Waals surface area contributed by atoms with E-state index in [1.807, 2.05) is 42.0 Å². The Morgan fingerprint density at radius 3 is 2.72 bits per heavy atom.